The molecule has 4 saturated carbocycles. The highest BCUT2D eigenvalue weighted by molar-refractivity contribution is 7.89. The molecular formula is C30H39N3O7S2. The van der Waals surface area contributed by atoms with E-state index in [1.807, 2.05) is 6.92 Å². The highest BCUT2D eigenvalue weighted by Crippen LogP contribution is 2.61. The quantitative estimate of drug-likeness (QED) is 0.437. The van der Waals surface area contributed by atoms with E-state index in [0.29, 0.717) is 31.0 Å². The number of benzene rings is 2. The number of morpholine rings is 1. The van der Waals surface area contributed by atoms with Crippen molar-refractivity contribution in [2.45, 2.75) is 61.3 Å². The van der Waals surface area contributed by atoms with Gasteiger partial charge in [-0.3, -0.25) is 4.79 Å². The standard InChI is InChI=1S/C30H39N3O7S2/c1-20(30-17-21-12-22(18-30)14-23(13-21)19-30)32-41(35,36)26-5-3-4-24(15-26)29(34)31-25-6-7-27(39-2)28(16-25)42(37,38)33-8-10-40-11-9-33/h3-7,15-16,20-23,32H,8-14,17-19H2,1-2H3,(H,31,34)/t20-,21?,22?,23?,30?/m1/s1. The predicted molar refractivity (Wildman–Crippen MR) is 157 cm³/mol. The van der Waals surface area contributed by atoms with Crippen molar-refractivity contribution >= 4 is 31.6 Å². The minimum absolute atomic E-state index is 0.00440. The first kappa shape index (κ1) is 29.6. The molecule has 2 aromatic rings. The van der Waals surface area contributed by atoms with Gasteiger partial charge in [-0.1, -0.05) is 6.07 Å². The third-order valence-corrected chi connectivity index (χ3v) is 13.2. The van der Waals surface area contributed by atoms with Gasteiger partial charge in [-0.05, 0) is 105 Å². The van der Waals surface area contributed by atoms with E-state index in [-0.39, 0.29) is 51.3 Å². The third-order valence-electron chi connectivity index (χ3n) is 9.75. The second kappa shape index (κ2) is 11.2. The second-order valence-electron chi connectivity index (χ2n) is 12.5. The number of anilines is 1. The minimum Gasteiger partial charge on any atom is -0.495 e. The van der Waals surface area contributed by atoms with Gasteiger partial charge in [0.2, 0.25) is 20.0 Å². The van der Waals surface area contributed by atoms with Gasteiger partial charge in [0.25, 0.3) is 5.91 Å². The van der Waals surface area contributed by atoms with E-state index >= 15 is 0 Å². The van der Waals surface area contributed by atoms with Gasteiger partial charge in [-0.25, -0.2) is 21.6 Å². The van der Waals surface area contributed by atoms with Crippen molar-refractivity contribution in [1.29, 1.82) is 0 Å². The molecule has 2 aromatic carbocycles. The van der Waals surface area contributed by atoms with Crippen LogP contribution in [0.15, 0.2) is 52.3 Å². The van der Waals surface area contributed by atoms with Gasteiger partial charge >= 0.3 is 0 Å². The average molecular weight is 618 g/mol. The summed E-state index contributed by atoms with van der Waals surface area (Å²) in [6.07, 6.45) is 7.09. The summed E-state index contributed by atoms with van der Waals surface area (Å²) in [4.78, 5) is 13.2. The Morgan fingerprint density at radius 3 is 2.24 bits per heavy atom. The van der Waals surface area contributed by atoms with E-state index in [4.69, 9.17) is 9.47 Å². The monoisotopic (exact) mass is 617 g/mol. The topological polar surface area (TPSA) is 131 Å². The van der Waals surface area contributed by atoms with Crippen molar-refractivity contribution in [3.63, 3.8) is 0 Å². The number of hydrogen-bond acceptors (Lipinski definition) is 7. The highest BCUT2D eigenvalue weighted by Gasteiger charge is 2.53. The fourth-order valence-electron chi connectivity index (χ4n) is 8.02. The van der Waals surface area contributed by atoms with Crippen LogP contribution in [0.25, 0.3) is 0 Å². The second-order valence-corrected chi connectivity index (χ2v) is 16.1. The van der Waals surface area contributed by atoms with Crippen molar-refractivity contribution in [3.05, 3.63) is 48.0 Å². The third kappa shape index (κ3) is 5.59. The molecule has 10 nitrogen and oxygen atoms in total. The summed E-state index contributed by atoms with van der Waals surface area (Å²) in [7, 11) is -6.38. The molecule has 2 N–H and O–H groups in total. The molecule has 1 heterocycles. The molecule has 1 saturated heterocycles. The Labute approximate surface area is 248 Å². The molecule has 12 heteroatoms. The van der Waals surface area contributed by atoms with E-state index in [1.165, 1.54) is 61.0 Å². The van der Waals surface area contributed by atoms with Crippen LogP contribution in [0.2, 0.25) is 0 Å². The Morgan fingerprint density at radius 2 is 1.62 bits per heavy atom. The summed E-state index contributed by atoms with van der Waals surface area (Å²) in [6, 6.07) is 10.1. The maximum Gasteiger partial charge on any atom is 0.255 e. The van der Waals surface area contributed by atoms with E-state index < -0.39 is 26.0 Å². The largest absolute Gasteiger partial charge is 0.495 e. The van der Waals surface area contributed by atoms with Crippen molar-refractivity contribution < 1.29 is 31.1 Å². The lowest BCUT2D eigenvalue weighted by Gasteiger charge is -2.59. The molecule has 0 spiro atoms. The Morgan fingerprint density at radius 1 is 0.976 bits per heavy atom. The number of amides is 1. The number of methoxy groups -OCH3 is 1. The zero-order valence-corrected chi connectivity index (χ0v) is 25.7. The molecule has 1 amide bonds. The number of carbonyl (C=O) groups excluding carboxylic acids is 1. The number of hydrogen-bond donors (Lipinski definition) is 2. The van der Waals surface area contributed by atoms with Crippen LogP contribution in [0.3, 0.4) is 0 Å². The first-order valence-electron chi connectivity index (χ1n) is 14.7. The Kier molecular flexibility index (Phi) is 7.88. The zero-order chi connectivity index (χ0) is 29.7. The normalized spacial score (nSPS) is 28.4. The fraction of sp³-hybridized carbons (Fsp3) is 0.567. The number of ether oxygens (including phenoxy) is 2. The highest BCUT2D eigenvalue weighted by atomic mass is 32.2. The van der Waals surface area contributed by atoms with E-state index in [1.54, 1.807) is 12.1 Å². The lowest BCUT2D eigenvalue weighted by Crippen LogP contribution is -2.55. The van der Waals surface area contributed by atoms with Crippen LogP contribution in [0.5, 0.6) is 5.75 Å². The number of carbonyl (C=O) groups is 1. The molecule has 1 aliphatic heterocycles. The Bertz CT molecular complexity index is 1530. The SMILES string of the molecule is COc1ccc(NC(=O)c2cccc(S(=O)(=O)N[C@H](C)C34CC5CC(CC(C5)C3)C4)c2)cc1S(=O)(=O)N1CCOCC1. The summed E-state index contributed by atoms with van der Waals surface area (Å²) < 4.78 is 68.5. The molecule has 4 bridgehead atoms. The van der Waals surface area contributed by atoms with Crippen LogP contribution in [0.1, 0.15) is 55.8 Å². The first-order valence-corrected chi connectivity index (χ1v) is 17.6. The first-order chi connectivity index (χ1) is 20.0. The summed E-state index contributed by atoms with van der Waals surface area (Å²) in [5.74, 6) is 1.72. The Balaban J connectivity index is 1.19. The number of nitrogens with zero attached hydrogens (tertiary/aromatic N) is 1. The van der Waals surface area contributed by atoms with Crippen LogP contribution in [-0.4, -0.2) is 66.5 Å². The van der Waals surface area contributed by atoms with Crippen LogP contribution < -0.4 is 14.8 Å². The maximum atomic E-state index is 13.5. The van der Waals surface area contributed by atoms with E-state index in [2.05, 4.69) is 10.0 Å². The summed E-state index contributed by atoms with van der Waals surface area (Å²) >= 11 is 0. The molecular weight excluding hydrogens is 578 g/mol. The minimum atomic E-state index is -3.89. The van der Waals surface area contributed by atoms with E-state index in [9.17, 15) is 21.6 Å². The van der Waals surface area contributed by atoms with E-state index in [0.717, 1.165) is 19.3 Å². The smallest absolute Gasteiger partial charge is 0.255 e. The van der Waals surface area contributed by atoms with Gasteiger partial charge in [0.05, 0.1) is 25.2 Å². The molecule has 1 atom stereocenters. The van der Waals surface area contributed by atoms with Gasteiger partial charge < -0.3 is 14.8 Å². The van der Waals surface area contributed by atoms with Crippen LogP contribution in [-0.2, 0) is 24.8 Å². The van der Waals surface area contributed by atoms with Crippen LogP contribution in [0, 0.1) is 23.2 Å². The molecule has 0 aromatic heterocycles. The predicted octanol–water partition coefficient (Wildman–Crippen LogP) is 3.85. The van der Waals surface area contributed by atoms with Crippen LogP contribution >= 0.6 is 0 Å². The van der Waals surface area contributed by atoms with Gasteiger partial charge in [-0.2, -0.15) is 4.31 Å². The lowest BCUT2D eigenvalue weighted by atomic mass is 9.48. The molecule has 7 rings (SSSR count). The fourth-order valence-corrected chi connectivity index (χ4v) is 11.0. The number of rotatable bonds is 9. The summed E-state index contributed by atoms with van der Waals surface area (Å²) in [6.45, 7) is 3.03. The zero-order valence-electron chi connectivity index (χ0n) is 24.0. The van der Waals surface area contributed by atoms with Crippen LogP contribution in [0.4, 0.5) is 5.69 Å². The van der Waals surface area contributed by atoms with Gasteiger partial charge in [0, 0.05) is 30.4 Å². The molecule has 0 radical (unpaired) electrons. The van der Waals surface area contributed by atoms with Crippen molar-refractivity contribution in [2.24, 2.45) is 23.2 Å². The molecule has 228 valence electrons. The lowest BCUT2D eigenvalue weighted by molar-refractivity contribution is -0.0666. The Hall–Kier alpha value is -2.51. The van der Waals surface area contributed by atoms with Gasteiger partial charge in [-0.15, -0.1) is 0 Å². The summed E-state index contributed by atoms with van der Waals surface area (Å²) in [5.41, 5.74) is 0.396. The van der Waals surface area contributed by atoms with Crippen molar-refractivity contribution in [1.82, 2.24) is 9.03 Å². The van der Waals surface area contributed by atoms with Crippen molar-refractivity contribution in [3.8, 4) is 5.75 Å². The summed E-state index contributed by atoms with van der Waals surface area (Å²) in [5, 5.41) is 2.72. The number of sulfonamides is 2. The number of nitrogens with one attached hydrogen (secondary N) is 2. The molecule has 5 aliphatic rings. The van der Waals surface area contributed by atoms with Gasteiger partial charge in [0.1, 0.15) is 10.6 Å². The average Bonchev–Trinajstić information content (AvgIpc) is 2.97. The van der Waals surface area contributed by atoms with Gasteiger partial charge in [0.15, 0.2) is 0 Å². The van der Waals surface area contributed by atoms with Crippen molar-refractivity contribution in [2.75, 3.05) is 38.7 Å². The molecule has 5 fully saturated rings. The molecule has 42 heavy (non-hydrogen) atoms. The maximum absolute atomic E-state index is 13.5. The molecule has 0 unspecified atom stereocenters. The molecule has 4 aliphatic carbocycles.